The van der Waals surface area contributed by atoms with E-state index in [9.17, 15) is 4.79 Å². The Balaban J connectivity index is 1.33. The number of thiocarbonyl (C=S) groups is 1. The normalized spacial score (nSPS) is 10.8. The van der Waals surface area contributed by atoms with Crippen LogP contribution in [0, 0.1) is 0 Å². The van der Waals surface area contributed by atoms with Gasteiger partial charge in [0.1, 0.15) is 11.3 Å². The number of hydrogen-bond donors (Lipinski definition) is 2. The summed E-state index contributed by atoms with van der Waals surface area (Å²) in [6, 6.07) is 26.3. The van der Waals surface area contributed by atoms with E-state index in [1.807, 2.05) is 78.9 Å². The molecule has 1 amide bonds. The highest BCUT2D eigenvalue weighted by Crippen LogP contribution is 2.28. The molecule has 0 radical (unpaired) electrons. The molecular formula is C26H19N3O3S. The molecule has 0 saturated heterocycles. The van der Waals surface area contributed by atoms with E-state index in [0.717, 1.165) is 16.3 Å². The third kappa shape index (κ3) is 4.26. The fourth-order valence-corrected chi connectivity index (χ4v) is 3.85. The van der Waals surface area contributed by atoms with Crippen LogP contribution in [0.3, 0.4) is 0 Å². The third-order valence-electron chi connectivity index (χ3n) is 5.22. The average Bonchev–Trinajstić information content (AvgIpc) is 3.27. The van der Waals surface area contributed by atoms with Crippen molar-refractivity contribution in [3.05, 3.63) is 90.5 Å². The molecule has 0 aliphatic rings. The lowest BCUT2D eigenvalue weighted by molar-refractivity contribution is 0.0979. The summed E-state index contributed by atoms with van der Waals surface area (Å²) in [4.78, 5) is 17.4. The Morgan fingerprint density at radius 2 is 1.79 bits per heavy atom. The monoisotopic (exact) mass is 453 g/mol. The van der Waals surface area contributed by atoms with Gasteiger partial charge in [-0.3, -0.25) is 10.1 Å². The molecule has 0 atom stereocenters. The van der Waals surface area contributed by atoms with E-state index in [2.05, 4.69) is 15.6 Å². The first-order valence-electron chi connectivity index (χ1n) is 10.3. The summed E-state index contributed by atoms with van der Waals surface area (Å²) >= 11 is 5.38. The maximum Gasteiger partial charge on any atom is 0.258 e. The zero-order valence-electron chi connectivity index (χ0n) is 17.7. The largest absolute Gasteiger partial charge is 0.497 e. The molecule has 162 valence electrons. The Hall–Kier alpha value is -4.23. The number of ether oxygens (including phenoxy) is 1. The van der Waals surface area contributed by atoms with Crippen LogP contribution in [-0.4, -0.2) is 23.1 Å². The van der Waals surface area contributed by atoms with Gasteiger partial charge in [0.15, 0.2) is 10.7 Å². The highest BCUT2D eigenvalue weighted by molar-refractivity contribution is 7.80. The van der Waals surface area contributed by atoms with Crippen LogP contribution in [0.1, 0.15) is 10.4 Å². The Bertz CT molecular complexity index is 1500. The van der Waals surface area contributed by atoms with E-state index >= 15 is 0 Å². The number of aromatic nitrogens is 1. The van der Waals surface area contributed by atoms with Crippen LogP contribution < -0.4 is 15.4 Å². The number of amides is 1. The van der Waals surface area contributed by atoms with Crippen LogP contribution in [0.15, 0.2) is 89.3 Å². The summed E-state index contributed by atoms with van der Waals surface area (Å²) < 4.78 is 11.1. The summed E-state index contributed by atoms with van der Waals surface area (Å²) in [5, 5.41) is 7.89. The van der Waals surface area contributed by atoms with E-state index in [-0.39, 0.29) is 11.0 Å². The molecule has 0 aliphatic heterocycles. The minimum atomic E-state index is -0.270. The van der Waals surface area contributed by atoms with Gasteiger partial charge in [-0.15, -0.1) is 0 Å². The Morgan fingerprint density at radius 1 is 0.970 bits per heavy atom. The van der Waals surface area contributed by atoms with Crippen molar-refractivity contribution in [1.82, 2.24) is 10.3 Å². The summed E-state index contributed by atoms with van der Waals surface area (Å²) in [5.74, 6) is 0.922. The molecule has 5 aromatic rings. The molecule has 6 nitrogen and oxygen atoms in total. The lowest BCUT2D eigenvalue weighted by Crippen LogP contribution is -2.34. The highest BCUT2D eigenvalue weighted by Gasteiger charge is 2.13. The first kappa shape index (κ1) is 20.7. The lowest BCUT2D eigenvalue weighted by Gasteiger charge is -2.11. The van der Waals surface area contributed by atoms with Crippen LogP contribution in [0.5, 0.6) is 5.75 Å². The molecule has 2 N–H and O–H groups in total. The predicted molar refractivity (Wildman–Crippen MR) is 134 cm³/mol. The van der Waals surface area contributed by atoms with Crippen LogP contribution in [0.4, 0.5) is 5.69 Å². The summed E-state index contributed by atoms with van der Waals surface area (Å²) in [6.07, 6.45) is 0. The predicted octanol–water partition coefficient (Wildman–Crippen LogP) is 5.78. The number of nitrogens with one attached hydrogen (secondary N) is 2. The number of hydrogen-bond acceptors (Lipinski definition) is 5. The molecule has 0 saturated carbocycles. The number of carbonyl (C=O) groups is 1. The van der Waals surface area contributed by atoms with Gasteiger partial charge >= 0.3 is 0 Å². The van der Waals surface area contributed by atoms with Crippen LogP contribution in [0.2, 0.25) is 0 Å². The second kappa shape index (κ2) is 8.72. The van der Waals surface area contributed by atoms with Crippen molar-refractivity contribution in [1.29, 1.82) is 0 Å². The second-order valence-electron chi connectivity index (χ2n) is 7.37. The van der Waals surface area contributed by atoms with Gasteiger partial charge in [0.2, 0.25) is 5.89 Å². The van der Waals surface area contributed by atoms with E-state index in [1.54, 1.807) is 13.2 Å². The average molecular weight is 454 g/mol. The SMILES string of the molecule is COc1ccc2oc(-c3cccc(NC(=S)NC(=O)c4cccc5ccccc45)c3)nc2c1. The molecule has 4 aromatic carbocycles. The smallest absolute Gasteiger partial charge is 0.258 e. The van der Waals surface area contributed by atoms with E-state index < -0.39 is 0 Å². The van der Waals surface area contributed by atoms with Gasteiger partial charge in [0, 0.05) is 22.9 Å². The van der Waals surface area contributed by atoms with E-state index in [1.165, 1.54) is 0 Å². The maximum atomic E-state index is 12.8. The van der Waals surface area contributed by atoms with Crippen molar-refractivity contribution in [3.63, 3.8) is 0 Å². The van der Waals surface area contributed by atoms with Crippen molar-refractivity contribution < 1.29 is 13.9 Å². The number of rotatable bonds is 4. The molecule has 1 aromatic heterocycles. The molecule has 0 aliphatic carbocycles. The van der Waals surface area contributed by atoms with Gasteiger partial charge in [-0.1, -0.05) is 42.5 Å². The third-order valence-corrected chi connectivity index (χ3v) is 5.43. The van der Waals surface area contributed by atoms with E-state index in [0.29, 0.717) is 34.0 Å². The summed E-state index contributed by atoms with van der Waals surface area (Å²) in [7, 11) is 1.61. The van der Waals surface area contributed by atoms with Crippen molar-refractivity contribution in [2.45, 2.75) is 0 Å². The number of oxazole rings is 1. The zero-order chi connectivity index (χ0) is 22.8. The zero-order valence-corrected chi connectivity index (χ0v) is 18.5. The Morgan fingerprint density at radius 3 is 2.67 bits per heavy atom. The van der Waals surface area contributed by atoms with Crippen molar-refractivity contribution >= 4 is 50.8 Å². The number of nitrogens with zero attached hydrogens (tertiary/aromatic N) is 1. The van der Waals surface area contributed by atoms with Crippen LogP contribution in [-0.2, 0) is 0 Å². The van der Waals surface area contributed by atoms with Crippen LogP contribution >= 0.6 is 12.2 Å². The quantitative estimate of drug-likeness (QED) is 0.336. The highest BCUT2D eigenvalue weighted by atomic mass is 32.1. The molecule has 0 spiro atoms. The number of benzene rings is 4. The standard InChI is InChI=1S/C26H19N3O3S/c1-31-19-12-13-23-22(15-19)28-25(32-23)17-8-4-9-18(14-17)27-26(33)29-24(30)21-11-5-7-16-6-2-3-10-20(16)21/h2-15H,1H3,(H2,27,29,30,33). The van der Waals surface area contributed by atoms with Gasteiger partial charge in [0.05, 0.1) is 7.11 Å². The van der Waals surface area contributed by atoms with Gasteiger partial charge in [0.25, 0.3) is 5.91 Å². The molecule has 7 heteroatoms. The number of anilines is 1. The van der Waals surface area contributed by atoms with Gasteiger partial charge in [-0.05, 0) is 59.4 Å². The minimum absolute atomic E-state index is 0.201. The van der Waals surface area contributed by atoms with Gasteiger partial charge < -0.3 is 14.5 Å². The number of fused-ring (bicyclic) bond motifs is 2. The van der Waals surface area contributed by atoms with Crippen molar-refractivity contribution in [2.75, 3.05) is 12.4 Å². The first-order valence-corrected chi connectivity index (χ1v) is 10.7. The topological polar surface area (TPSA) is 76.4 Å². The van der Waals surface area contributed by atoms with Crippen LogP contribution in [0.25, 0.3) is 33.3 Å². The molecule has 33 heavy (non-hydrogen) atoms. The number of methoxy groups -OCH3 is 1. The Labute approximate surface area is 195 Å². The molecule has 0 fully saturated rings. The van der Waals surface area contributed by atoms with Crippen molar-refractivity contribution in [2.24, 2.45) is 0 Å². The summed E-state index contributed by atoms with van der Waals surface area (Å²) in [6.45, 7) is 0. The number of carbonyl (C=O) groups excluding carboxylic acids is 1. The first-order chi connectivity index (χ1) is 16.1. The summed E-state index contributed by atoms with van der Waals surface area (Å²) in [5.41, 5.74) is 3.42. The fraction of sp³-hybridized carbons (Fsp3) is 0.0385. The minimum Gasteiger partial charge on any atom is -0.497 e. The fourth-order valence-electron chi connectivity index (χ4n) is 3.64. The maximum absolute atomic E-state index is 12.8. The molecule has 5 rings (SSSR count). The molecule has 0 bridgehead atoms. The second-order valence-corrected chi connectivity index (χ2v) is 7.78. The lowest BCUT2D eigenvalue weighted by atomic mass is 10.0. The van der Waals surface area contributed by atoms with E-state index in [4.69, 9.17) is 21.4 Å². The van der Waals surface area contributed by atoms with Gasteiger partial charge in [-0.25, -0.2) is 4.98 Å². The molecule has 0 unspecified atom stereocenters. The molecular weight excluding hydrogens is 434 g/mol. The van der Waals surface area contributed by atoms with Crippen molar-refractivity contribution in [3.8, 4) is 17.2 Å². The molecule has 1 heterocycles. The Kier molecular flexibility index (Phi) is 5.46. The van der Waals surface area contributed by atoms with Gasteiger partial charge in [-0.2, -0.15) is 0 Å².